The van der Waals surface area contributed by atoms with Crippen molar-refractivity contribution in [2.24, 2.45) is 16.2 Å². The number of carboxylic acid groups (broad SMARTS) is 1. The molecule has 5 atom stereocenters. The second-order valence-electron chi connectivity index (χ2n) is 8.58. The van der Waals surface area contributed by atoms with Gasteiger partial charge < -0.3 is 20.4 Å². The van der Waals surface area contributed by atoms with Gasteiger partial charge in [-0.2, -0.15) is 0 Å². The van der Waals surface area contributed by atoms with E-state index in [4.69, 9.17) is 0 Å². The van der Waals surface area contributed by atoms with Gasteiger partial charge in [-0.25, -0.2) is 0 Å². The Bertz CT molecular complexity index is 779. The van der Waals surface area contributed by atoms with E-state index in [1.165, 1.54) is 6.92 Å². The highest BCUT2D eigenvalue weighted by molar-refractivity contribution is 6.11. The highest BCUT2D eigenvalue weighted by Gasteiger charge is 2.68. The standard InChI is InChI=1S/C20H26O6/c1-5-17(2)8-9-20(26)11(10-17)13(22)14(23)15-18(3,16(24)25)7-6-12(21)19(15,20)4/h5,10,12,21,23,26H,1,6-9H2,2-4H3,(H,24,25)/t12-,17+,18-,19+,20-/m1/s1. The molecular formula is C20H26O6. The van der Waals surface area contributed by atoms with Gasteiger partial charge >= 0.3 is 5.97 Å². The van der Waals surface area contributed by atoms with Crippen molar-refractivity contribution in [2.75, 3.05) is 0 Å². The zero-order valence-electron chi connectivity index (χ0n) is 15.4. The summed E-state index contributed by atoms with van der Waals surface area (Å²) in [6.45, 7) is 8.65. The Morgan fingerprint density at radius 3 is 2.42 bits per heavy atom. The third-order valence-corrected chi connectivity index (χ3v) is 7.09. The summed E-state index contributed by atoms with van der Waals surface area (Å²) in [6.07, 6.45) is 3.08. The lowest BCUT2D eigenvalue weighted by Crippen LogP contribution is -2.66. The second kappa shape index (κ2) is 5.30. The number of aliphatic hydroxyl groups excluding tert-OH is 2. The van der Waals surface area contributed by atoms with Crippen LogP contribution < -0.4 is 0 Å². The fourth-order valence-corrected chi connectivity index (χ4v) is 5.08. The van der Waals surface area contributed by atoms with Gasteiger partial charge in [0.25, 0.3) is 0 Å². The molecule has 0 saturated heterocycles. The molecule has 3 rings (SSSR count). The van der Waals surface area contributed by atoms with Crippen LogP contribution in [-0.2, 0) is 9.59 Å². The van der Waals surface area contributed by atoms with Crippen LogP contribution in [-0.4, -0.2) is 43.9 Å². The van der Waals surface area contributed by atoms with Crippen molar-refractivity contribution in [3.8, 4) is 0 Å². The van der Waals surface area contributed by atoms with Gasteiger partial charge in [-0.15, -0.1) is 6.58 Å². The van der Waals surface area contributed by atoms with Crippen molar-refractivity contribution in [2.45, 2.75) is 58.2 Å². The average molecular weight is 362 g/mol. The molecule has 6 nitrogen and oxygen atoms in total. The summed E-state index contributed by atoms with van der Waals surface area (Å²) < 4.78 is 0. The van der Waals surface area contributed by atoms with Crippen LogP contribution in [0, 0.1) is 16.2 Å². The number of allylic oxidation sites excluding steroid dienone is 3. The summed E-state index contributed by atoms with van der Waals surface area (Å²) in [7, 11) is 0. The summed E-state index contributed by atoms with van der Waals surface area (Å²) in [6, 6.07) is 0. The molecule has 0 radical (unpaired) electrons. The van der Waals surface area contributed by atoms with Gasteiger partial charge in [-0.05, 0) is 32.6 Å². The van der Waals surface area contributed by atoms with Crippen molar-refractivity contribution < 1.29 is 30.0 Å². The molecular weight excluding hydrogens is 336 g/mol. The van der Waals surface area contributed by atoms with Gasteiger partial charge in [0.2, 0.25) is 5.78 Å². The number of ketones is 1. The van der Waals surface area contributed by atoms with Gasteiger partial charge in [0.1, 0.15) is 5.60 Å². The minimum absolute atomic E-state index is 0.0172. The van der Waals surface area contributed by atoms with Crippen LogP contribution >= 0.6 is 0 Å². The lowest BCUT2D eigenvalue weighted by atomic mass is 9.46. The summed E-state index contributed by atoms with van der Waals surface area (Å²) in [4.78, 5) is 24.9. The van der Waals surface area contributed by atoms with E-state index >= 15 is 0 Å². The van der Waals surface area contributed by atoms with Crippen LogP contribution in [0.3, 0.4) is 0 Å². The summed E-state index contributed by atoms with van der Waals surface area (Å²) in [5, 5.41) is 42.9. The Morgan fingerprint density at radius 2 is 1.88 bits per heavy atom. The number of carbonyl (C=O) groups excluding carboxylic acids is 1. The Hall–Kier alpha value is -1.92. The van der Waals surface area contributed by atoms with E-state index in [2.05, 4.69) is 6.58 Å². The van der Waals surface area contributed by atoms with Gasteiger partial charge in [-0.1, -0.05) is 26.0 Å². The fourth-order valence-electron chi connectivity index (χ4n) is 5.08. The van der Waals surface area contributed by atoms with Crippen LogP contribution in [0.1, 0.15) is 46.5 Å². The molecule has 3 aliphatic rings. The third kappa shape index (κ3) is 2.00. The first kappa shape index (κ1) is 18.9. The molecule has 1 fully saturated rings. The number of rotatable bonds is 2. The van der Waals surface area contributed by atoms with Crippen molar-refractivity contribution in [3.63, 3.8) is 0 Å². The zero-order valence-corrected chi connectivity index (χ0v) is 15.4. The first-order valence-corrected chi connectivity index (χ1v) is 8.87. The van der Waals surface area contributed by atoms with Crippen LogP contribution in [0.5, 0.6) is 0 Å². The van der Waals surface area contributed by atoms with Crippen LogP contribution in [0.25, 0.3) is 0 Å². The van der Waals surface area contributed by atoms with Gasteiger partial charge in [0, 0.05) is 16.6 Å². The summed E-state index contributed by atoms with van der Waals surface area (Å²) >= 11 is 0. The summed E-state index contributed by atoms with van der Waals surface area (Å²) in [5.41, 5.74) is -5.32. The molecule has 0 aliphatic heterocycles. The monoisotopic (exact) mass is 362 g/mol. The minimum Gasteiger partial charge on any atom is -0.504 e. The van der Waals surface area contributed by atoms with Gasteiger partial charge in [-0.3, -0.25) is 9.59 Å². The SMILES string of the molecule is C=C[C@]1(C)C=C2C(=O)C(O)=C3[C@](C)(C(=O)O)CC[C@@H](O)[C@]3(C)[C@@]2(O)CC1. The van der Waals surface area contributed by atoms with Gasteiger partial charge in [0.15, 0.2) is 5.76 Å². The van der Waals surface area contributed by atoms with E-state index in [9.17, 15) is 30.0 Å². The normalized spacial score (nSPS) is 45.5. The largest absolute Gasteiger partial charge is 0.504 e. The van der Waals surface area contributed by atoms with E-state index < -0.39 is 45.5 Å². The van der Waals surface area contributed by atoms with E-state index in [1.807, 2.05) is 6.92 Å². The smallest absolute Gasteiger partial charge is 0.313 e. The molecule has 6 heteroatoms. The van der Waals surface area contributed by atoms with Gasteiger partial charge in [0.05, 0.1) is 16.9 Å². The van der Waals surface area contributed by atoms with E-state index in [1.54, 1.807) is 19.1 Å². The molecule has 0 aromatic rings. The molecule has 0 unspecified atom stereocenters. The molecule has 0 bridgehead atoms. The van der Waals surface area contributed by atoms with Crippen LogP contribution in [0.2, 0.25) is 0 Å². The summed E-state index contributed by atoms with van der Waals surface area (Å²) in [5.74, 6) is -2.62. The quantitative estimate of drug-likeness (QED) is 0.560. The number of aliphatic hydroxyl groups is 3. The predicted molar refractivity (Wildman–Crippen MR) is 94.3 cm³/mol. The maximum atomic E-state index is 12.9. The molecule has 0 amide bonds. The van der Waals surface area contributed by atoms with Crippen molar-refractivity contribution in [1.29, 1.82) is 0 Å². The van der Waals surface area contributed by atoms with E-state index in [0.29, 0.717) is 6.42 Å². The molecule has 3 aliphatic carbocycles. The fraction of sp³-hybridized carbons (Fsp3) is 0.600. The lowest BCUT2D eigenvalue weighted by molar-refractivity contribution is -0.164. The molecule has 142 valence electrons. The second-order valence-corrected chi connectivity index (χ2v) is 8.58. The molecule has 0 spiro atoms. The van der Waals surface area contributed by atoms with Crippen molar-refractivity contribution in [3.05, 3.63) is 35.6 Å². The molecule has 26 heavy (non-hydrogen) atoms. The maximum absolute atomic E-state index is 12.9. The highest BCUT2D eigenvalue weighted by atomic mass is 16.4. The lowest BCUT2D eigenvalue weighted by Gasteiger charge is -2.59. The Balaban J connectivity index is 2.37. The number of carbonyl (C=O) groups is 2. The molecule has 0 aromatic heterocycles. The highest BCUT2D eigenvalue weighted by Crippen LogP contribution is 2.64. The minimum atomic E-state index is -1.75. The first-order chi connectivity index (χ1) is 11.9. The number of fused-ring (bicyclic) bond motifs is 3. The third-order valence-electron chi connectivity index (χ3n) is 7.09. The van der Waals surface area contributed by atoms with Crippen molar-refractivity contribution >= 4 is 11.8 Å². The molecule has 4 N–H and O–H groups in total. The molecule has 1 saturated carbocycles. The number of hydrogen-bond donors (Lipinski definition) is 4. The van der Waals surface area contributed by atoms with Crippen LogP contribution in [0.4, 0.5) is 0 Å². The molecule has 0 aromatic carbocycles. The number of carboxylic acids is 1. The Kier molecular flexibility index (Phi) is 3.84. The topological polar surface area (TPSA) is 115 Å². The van der Waals surface area contributed by atoms with Crippen molar-refractivity contribution in [1.82, 2.24) is 0 Å². The molecule has 0 heterocycles. The van der Waals surface area contributed by atoms with E-state index in [-0.39, 0.29) is 30.4 Å². The predicted octanol–water partition coefficient (Wildman–Crippen LogP) is 2.28. The van der Waals surface area contributed by atoms with Crippen LogP contribution in [0.15, 0.2) is 35.6 Å². The number of aliphatic carboxylic acids is 1. The van der Waals surface area contributed by atoms with E-state index in [0.717, 1.165) is 0 Å². The Labute approximate surface area is 152 Å². The number of hydrogen-bond acceptors (Lipinski definition) is 5. The first-order valence-electron chi connectivity index (χ1n) is 8.87. The number of Topliss-reactive ketones (excluding diaryl/α,β-unsaturated/α-hetero) is 1. The maximum Gasteiger partial charge on any atom is 0.313 e. The zero-order chi connectivity index (χ0) is 19.7. The Morgan fingerprint density at radius 1 is 1.27 bits per heavy atom. The average Bonchev–Trinajstić information content (AvgIpc) is 2.59.